The Kier molecular flexibility index (Phi) is 10.9. The minimum absolute atomic E-state index is 0.0138. The summed E-state index contributed by atoms with van der Waals surface area (Å²) >= 11 is 0. The first-order valence-corrected chi connectivity index (χ1v) is 5.66. The topological polar surface area (TPSA) is 87.1 Å². The van der Waals surface area contributed by atoms with Crippen LogP contribution in [0.1, 0.15) is 32.6 Å². The number of nitrogens with zero attached hydrogens (tertiary/aromatic N) is 3. The lowest BCUT2D eigenvalue weighted by Gasteiger charge is -2.04. The summed E-state index contributed by atoms with van der Waals surface area (Å²) in [5.74, 6) is 0.0138. The van der Waals surface area contributed by atoms with Crippen molar-refractivity contribution in [2.24, 2.45) is 5.11 Å². The third-order valence-corrected chi connectivity index (χ3v) is 1.89. The lowest BCUT2D eigenvalue weighted by molar-refractivity contribution is -0.122. The number of carbonyl (C=O) groups excluding carboxylic acids is 1. The zero-order chi connectivity index (χ0) is 12.1. The number of amides is 1. The van der Waals surface area contributed by atoms with E-state index in [9.17, 15) is 4.79 Å². The van der Waals surface area contributed by atoms with Crippen LogP contribution in [0, 0.1) is 0 Å². The van der Waals surface area contributed by atoms with E-state index in [-0.39, 0.29) is 5.91 Å². The second-order valence-corrected chi connectivity index (χ2v) is 3.37. The highest BCUT2D eigenvalue weighted by molar-refractivity contribution is 5.75. The van der Waals surface area contributed by atoms with Gasteiger partial charge in [-0.25, -0.2) is 0 Å². The minimum atomic E-state index is 0.0138. The van der Waals surface area contributed by atoms with Gasteiger partial charge in [-0.15, -0.1) is 0 Å². The number of hydrogen-bond donors (Lipinski definition) is 1. The van der Waals surface area contributed by atoms with Gasteiger partial charge in [-0.3, -0.25) is 4.79 Å². The smallest absolute Gasteiger partial charge is 0.222 e. The molecular weight excluding hydrogens is 208 g/mol. The molecule has 1 amide bonds. The Labute approximate surface area is 96.0 Å². The largest absolute Gasteiger partial charge is 0.381 e. The van der Waals surface area contributed by atoms with Crippen molar-refractivity contribution in [3.05, 3.63) is 10.4 Å². The van der Waals surface area contributed by atoms with E-state index in [0.717, 1.165) is 19.3 Å². The van der Waals surface area contributed by atoms with Crippen LogP contribution in [0.5, 0.6) is 0 Å². The van der Waals surface area contributed by atoms with Crippen molar-refractivity contribution >= 4 is 5.91 Å². The molecule has 6 nitrogen and oxygen atoms in total. The second kappa shape index (κ2) is 11.8. The molecule has 0 radical (unpaired) electrons. The molecule has 0 saturated carbocycles. The van der Waals surface area contributed by atoms with Gasteiger partial charge in [0.1, 0.15) is 0 Å². The normalized spacial score (nSPS) is 9.56. The Bertz CT molecular complexity index is 227. The standard InChI is InChI=1S/C10H20N4O2/c1-2-8-16-9-5-10(15)12-6-3-4-7-13-14-11/h2-9H2,1H3,(H,12,15). The summed E-state index contributed by atoms with van der Waals surface area (Å²) in [6.07, 6.45) is 3.02. The van der Waals surface area contributed by atoms with Gasteiger partial charge in [0.2, 0.25) is 5.91 Å². The maximum Gasteiger partial charge on any atom is 0.222 e. The molecule has 0 aliphatic heterocycles. The molecule has 0 spiro atoms. The number of carbonyl (C=O) groups is 1. The van der Waals surface area contributed by atoms with Gasteiger partial charge in [0.15, 0.2) is 0 Å². The summed E-state index contributed by atoms with van der Waals surface area (Å²) in [6, 6.07) is 0. The zero-order valence-corrected chi connectivity index (χ0v) is 9.81. The molecule has 0 aromatic carbocycles. The van der Waals surface area contributed by atoms with Crippen LogP contribution in [0.25, 0.3) is 10.4 Å². The third kappa shape index (κ3) is 10.8. The Morgan fingerprint density at radius 1 is 1.44 bits per heavy atom. The average molecular weight is 228 g/mol. The summed E-state index contributed by atoms with van der Waals surface area (Å²) in [5.41, 5.74) is 8.03. The van der Waals surface area contributed by atoms with Gasteiger partial charge >= 0.3 is 0 Å². The van der Waals surface area contributed by atoms with Gasteiger partial charge in [0.25, 0.3) is 0 Å². The lowest BCUT2D eigenvalue weighted by atomic mass is 10.3. The molecule has 1 N–H and O–H groups in total. The number of azide groups is 1. The van der Waals surface area contributed by atoms with Crippen molar-refractivity contribution in [2.45, 2.75) is 32.6 Å². The monoisotopic (exact) mass is 228 g/mol. The summed E-state index contributed by atoms with van der Waals surface area (Å²) in [7, 11) is 0. The minimum Gasteiger partial charge on any atom is -0.381 e. The molecule has 0 atom stereocenters. The molecule has 16 heavy (non-hydrogen) atoms. The van der Waals surface area contributed by atoms with Crippen LogP contribution >= 0.6 is 0 Å². The number of unbranched alkanes of at least 4 members (excludes halogenated alkanes) is 1. The van der Waals surface area contributed by atoms with Crippen molar-refractivity contribution in [3.8, 4) is 0 Å². The van der Waals surface area contributed by atoms with Gasteiger partial charge < -0.3 is 10.1 Å². The molecule has 0 aromatic heterocycles. The van der Waals surface area contributed by atoms with Gasteiger partial charge in [-0.05, 0) is 24.8 Å². The van der Waals surface area contributed by atoms with Gasteiger partial charge in [0, 0.05) is 31.0 Å². The van der Waals surface area contributed by atoms with Crippen molar-refractivity contribution in [2.75, 3.05) is 26.3 Å². The molecule has 0 aliphatic carbocycles. The van der Waals surface area contributed by atoms with Crippen LogP contribution in [0.3, 0.4) is 0 Å². The quantitative estimate of drug-likeness (QED) is 0.268. The molecule has 0 saturated heterocycles. The fraction of sp³-hybridized carbons (Fsp3) is 0.900. The SMILES string of the molecule is CCCOCCC(=O)NCCCCN=[N+]=[N-]. The van der Waals surface area contributed by atoms with Crippen LogP contribution in [0.15, 0.2) is 5.11 Å². The molecule has 92 valence electrons. The van der Waals surface area contributed by atoms with Crippen LogP contribution in [0.4, 0.5) is 0 Å². The fourth-order valence-corrected chi connectivity index (χ4v) is 1.08. The summed E-state index contributed by atoms with van der Waals surface area (Å²) in [4.78, 5) is 13.9. The molecule has 0 fully saturated rings. The van der Waals surface area contributed by atoms with Crippen molar-refractivity contribution < 1.29 is 9.53 Å². The number of ether oxygens (including phenoxy) is 1. The van der Waals surface area contributed by atoms with Gasteiger partial charge in [0.05, 0.1) is 6.61 Å². The first-order valence-electron chi connectivity index (χ1n) is 5.66. The van der Waals surface area contributed by atoms with E-state index in [0.29, 0.717) is 32.7 Å². The van der Waals surface area contributed by atoms with E-state index in [2.05, 4.69) is 15.3 Å². The maximum absolute atomic E-state index is 11.2. The number of rotatable bonds is 10. The highest BCUT2D eigenvalue weighted by Crippen LogP contribution is 1.90. The van der Waals surface area contributed by atoms with Crippen molar-refractivity contribution in [1.29, 1.82) is 0 Å². The molecule has 0 unspecified atom stereocenters. The van der Waals surface area contributed by atoms with E-state index in [1.165, 1.54) is 0 Å². The van der Waals surface area contributed by atoms with Crippen LogP contribution in [0.2, 0.25) is 0 Å². The fourth-order valence-electron chi connectivity index (χ4n) is 1.08. The Morgan fingerprint density at radius 3 is 2.94 bits per heavy atom. The summed E-state index contributed by atoms with van der Waals surface area (Å²) in [5, 5.41) is 6.19. The lowest BCUT2D eigenvalue weighted by Crippen LogP contribution is -2.25. The van der Waals surface area contributed by atoms with E-state index < -0.39 is 0 Å². The zero-order valence-electron chi connectivity index (χ0n) is 9.81. The Hall–Kier alpha value is -1.26. The molecule has 6 heteroatoms. The van der Waals surface area contributed by atoms with Crippen LogP contribution in [-0.2, 0) is 9.53 Å². The van der Waals surface area contributed by atoms with E-state index in [4.69, 9.17) is 10.3 Å². The van der Waals surface area contributed by atoms with E-state index in [1.807, 2.05) is 6.92 Å². The van der Waals surface area contributed by atoms with Crippen LogP contribution < -0.4 is 5.32 Å². The molecule has 0 aliphatic rings. The number of hydrogen-bond acceptors (Lipinski definition) is 3. The second-order valence-electron chi connectivity index (χ2n) is 3.37. The molecule has 0 bridgehead atoms. The molecule has 0 rings (SSSR count). The van der Waals surface area contributed by atoms with E-state index >= 15 is 0 Å². The van der Waals surface area contributed by atoms with E-state index in [1.54, 1.807) is 0 Å². The van der Waals surface area contributed by atoms with Gasteiger partial charge in [-0.1, -0.05) is 12.0 Å². The highest BCUT2D eigenvalue weighted by atomic mass is 16.5. The maximum atomic E-state index is 11.2. The van der Waals surface area contributed by atoms with Crippen LogP contribution in [-0.4, -0.2) is 32.2 Å². The highest BCUT2D eigenvalue weighted by Gasteiger charge is 1.99. The Balaban J connectivity index is 3.20. The van der Waals surface area contributed by atoms with Crippen molar-refractivity contribution in [1.82, 2.24) is 5.32 Å². The average Bonchev–Trinajstić information content (AvgIpc) is 2.29. The first kappa shape index (κ1) is 14.7. The molecule has 0 heterocycles. The first-order chi connectivity index (χ1) is 7.81. The summed E-state index contributed by atoms with van der Waals surface area (Å²) in [6.45, 7) is 4.35. The molecule has 0 aromatic rings. The predicted molar refractivity (Wildman–Crippen MR) is 62.0 cm³/mol. The Morgan fingerprint density at radius 2 is 2.25 bits per heavy atom. The predicted octanol–water partition coefficient (Wildman–Crippen LogP) is 2.01. The van der Waals surface area contributed by atoms with Gasteiger partial charge in [-0.2, -0.15) is 0 Å². The third-order valence-electron chi connectivity index (χ3n) is 1.89. The van der Waals surface area contributed by atoms with Crippen molar-refractivity contribution in [3.63, 3.8) is 0 Å². The number of nitrogens with one attached hydrogen (secondary N) is 1. The summed E-state index contributed by atoms with van der Waals surface area (Å²) < 4.78 is 5.20. The molecular formula is C10H20N4O2.